The molecular weight excluding hydrogens is 778 g/mol. The third kappa shape index (κ3) is 11.2. The van der Waals surface area contributed by atoms with Gasteiger partial charge in [0.1, 0.15) is 36.5 Å². The van der Waals surface area contributed by atoms with Gasteiger partial charge in [-0.05, 0) is 79.1 Å². The number of aliphatic carboxylic acids is 2. The van der Waals surface area contributed by atoms with Gasteiger partial charge in [0.05, 0.1) is 23.1 Å². The van der Waals surface area contributed by atoms with E-state index < -0.39 is 40.0 Å². The Balaban J connectivity index is 1.28. The molecule has 1 aliphatic heterocycles. The van der Waals surface area contributed by atoms with Crippen molar-refractivity contribution in [1.82, 2.24) is 15.2 Å². The normalized spacial score (nSPS) is 14.8. The van der Waals surface area contributed by atoms with Crippen LogP contribution in [0.4, 0.5) is 0 Å². The highest BCUT2D eigenvalue weighted by Gasteiger charge is 2.39. The predicted octanol–water partition coefficient (Wildman–Crippen LogP) is 4.80. The fraction of sp³-hybridized carbons (Fsp3) is 0.390. The Labute approximate surface area is 336 Å². The van der Waals surface area contributed by atoms with Crippen LogP contribution < -0.4 is 19.5 Å². The van der Waals surface area contributed by atoms with Crippen molar-refractivity contribution in [3.63, 3.8) is 0 Å². The van der Waals surface area contributed by atoms with E-state index in [9.17, 15) is 38.4 Å². The number of benzene rings is 3. The van der Waals surface area contributed by atoms with E-state index in [0.29, 0.717) is 42.3 Å². The van der Waals surface area contributed by atoms with E-state index in [1.807, 2.05) is 50.2 Å². The molecule has 0 bridgehead atoms. The summed E-state index contributed by atoms with van der Waals surface area (Å²) in [4.78, 5) is 29.1. The molecule has 0 saturated carbocycles. The zero-order valence-electron chi connectivity index (χ0n) is 32.0. The Bertz CT molecular complexity index is 2180. The lowest BCUT2D eigenvalue weighted by Crippen LogP contribution is -2.49. The highest BCUT2D eigenvalue weighted by molar-refractivity contribution is 7.90. The summed E-state index contributed by atoms with van der Waals surface area (Å²) < 4.78 is 42.7. The third-order valence-electron chi connectivity index (χ3n) is 10.1. The van der Waals surface area contributed by atoms with E-state index in [4.69, 9.17) is 25.8 Å². The van der Waals surface area contributed by atoms with E-state index in [-0.39, 0.29) is 42.5 Å². The summed E-state index contributed by atoms with van der Waals surface area (Å²) in [5.74, 6) is -1.04. The van der Waals surface area contributed by atoms with Crippen molar-refractivity contribution < 1.29 is 52.6 Å². The number of carboxylic acids is 2. The molecule has 3 aromatic carbocycles. The quantitative estimate of drug-likeness (QED) is 0.0807. The second-order valence-electron chi connectivity index (χ2n) is 14.1. The van der Waals surface area contributed by atoms with Gasteiger partial charge in [-0.2, -0.15) is 0 Å². The molecule has 306 valence electrons. The largest absolute Gasteiger partial charge is 0.493 e. The lowest BCUT2D eigenvalue weighted by atomic mass is 9.91. The number of likely N-dealkylation sites (tertiary alicyclic amines) is 1. The van der Waals surface area contributed by atoms with Crippen LogP contribution in [-0.2, 0) is 39.2 Å². The second-order valence-corrected chi connectivity index (χ2v) is 16.5. The van der Waals surface area contributed by atoms with Crippen LogP contribution in [0.3, 0.4) is 0 Å². The molecule has 1 aliphatic rings. The first-order valence-corrected chi connectivity index (χ1v) is 20.6. The van der Waals surface area contributed by atoms with Crippen molar-refractivity contribution in [2.45, 2.75) is 69.4 Å². The molecule has 2 heterocycles. The monoisotopic (exact) mass is 825 g/mol. The highest BCUT2D eigenvalue weighted by atomic mass is 35.5. The highest BCUT2D eigenvalue weighted by Crippen LogP contribution is 2.36. The zero-order chi connectivity index (χ0) is 41.3. The molecule has 1 aromatic heterocycles. The number of piperidine rings is 1. The number of halogens is 1. The molecule has 1 saturated heterocycles. The Morgan fingerprint density at radius 1 is 0.912 bits per heavy atom. The summed E-state index contributed by atoms with van der Waals surface area (Å²) in [7, 11) is -3.51. The molecule has 5 rings (SSSR count). The summed E-state index contributed by atoms with van der Waals surface area (Å²) in [5.41, 5.74) is 4.18. The molecule has 1 fully saturated rings. The van der Waals surface area contributed by atoms with Crippen LogP contribution in [-0.4, -0.2) is 101 Å². The lowest BCUT2D eigenvalue weighted by molar-refractivity contribution is -0.163. The van der Waals surface area contributed by atoms with E-state index >= 15 is 0 Å². The van der Waals surface area contributed by atoms with Gasteiger partial charge in [0.2, 0.25) is 0 Å². The number of carbonyl (C=O) groups is 2. The maximum atomic E-state index is 12.1. The molecule has 1 atom stereocenters. The number of carboxylic acid groups (broad SMARTS) is 2. The summed E-state index contributed by atoms with van der Waals surface area (Å²) in [5, 5.41) is 41.4. The van der Waals surface area contributed by atoms with E-state index in [0.717, 1.165) is 52.8 Å². The number of nitrogens with one attached hydrogen (secondary N) is 1. The van der Waals surface area contributed by atoms with Crippen LogP contribution >= 0.6 is 11.6 Å². The fourth-order valence-electron chi connectivity index (χ4n) is 6.51. The first-order chi connectivity index (χ1) is 27.1. The van der Waals surface area contributed by atoms with Gasteiger partial charge in [-0.15, -0.1) is 0 Å². The molecule has 5 N–H and O–H groups in total. The van der Waals surface area contributed by atoms with Crippen molar-refractivity contribution in [2.75, 3.05) is 39.1 Å². The van der Waals surface area contributed by atoms with Crippen LogP contribution in [0, 0.1) is 13.8 Å². The van der Waals surface area contributed by atoms with E-state index in [2.05, 4.69) is 15.2 Å². The number of nitrogens with zero attached hydrogens (tertiary/aromatic N) is 2. The number of hydrogen-bond acceptors (Lipinski definition) is 12. The standard InChI is InChI=1S/C41H48ClN3O11S/c1-26-29(7-4-8-32(26)33-9-5-10-36(27(33)2)54-16-6-13-45-14-11-41(51,12-15-45)40(49)50)25-56-38-19-37(30(18-34(38)42)21-44-35(23-46)39(47)48)55-24-28-17-31(22-43-20-28)57(3,52)53/h4-5,7-10,17-20,22,35,44,46,51H,6,11-16,21,23-25H2,1-3H3,(H,47,48)(H,49,50). The van der Waals surface area contributed by atoms with Crippen LogP contribution in [0.1, 0.15) is 47.1 Å². The smallest absolute Gasteiger partial charge is 0.335 e. The predicted molar refractivity (Wildman–Crippen MR) is 213 cm³/mol. The minimum absolute atomic E-state index is 0.0178. The summed E-state index contributed by atoms with van der Waals surface area (Å²) in [6.07, 6.45) is 4.96. The number of aliphatic hydroxyl groups is 2. The number of rotatable bonds is 19. The number of aromatic nitrogens is 1. The number of pyridine rings is 1. The zero-order valence-corrected chi connectivity index (χ0v) is 33.6. The topological polar surface area (TPSA) is 205 Å². The van der Waals surface area contributed by atoms with Crippen molar-refractivity contribution in [3.05, 3.63) is 99.8 Å². The molecule has 0 aliphatic carbocycles. The fourth-order valence-corrected chi connectivity index (χ4v) is 7.37. The van der Waals surface area contributed by atoms with Crippen molar-refractivity contribution in [2.24, 2.45) is 0 Å². The minimum atomic E-state index is -3.51. The first-order valence-electron chi connectivity index (χ1n) is 18.4. The van der Waals surface area contributed by atoms with Crippen molar-refractivity contribution in [3.8, 4) is 28.4 Å². The molecule has 0 amide bonds. The number of ether oxygens (including phenoxy) is 3. The first kappa shape index (κ1) is 43.4. The maximum absolute atomic E-state index is 12.1. The molecule has 14 nitrogen and oxygen atoms in total. The number of sulfone groups is 1. The SMILES string of the molecule is Cc1c(COc2cc(OCc3cncc(S(C)(=O)=O)c3)c(CNC(CO)C(=O)O)cc2Cl)cccc1-c1cccc(OCCCN2CCC(O)(C(=O)O)CC2)c1C. The van der Waals surface area contributed by atoms with Crippen LogP contribution in [0.15, 0.2) is 71.9 Å². The van der Waals surface area contributed by atoms with Gasteiger partial charge in [-0.3, -0.25) is 15.1 Å². The average Bonchev–Trinajstić information content (AvgIpc) is 3.17. The van der Waals surface area contributed by atoms with E-state index in [1.165, 1.54) is 18.5 Å². The summed E-state index contributed by atoms with van der Waals surface area (Å²) in [6, 6.07) is 15.3. The Kier molecular flexibility index (Phi) is 14.5. The van der Waals surface area contributed by atoms with Gasteiger partial charge < -0.3 is 39.5 Å². The maximum Gasteiger partial charge on any atom is 0.335 e. The van der Waals surface area contributed by atoms with Gasteiger partial charge in [-0.25, -0.2) is 13.2 Å². The van der Waals surface area contributed by atoms with Crippen LogP contribution in [0.25, 0.3) is 11.1 Å². The molecule has 4 aromatic rings. The lowest BCUT2D eigenvalue weighted by Gasteiger charge is -2.35. The molecule has 0 spiro atoms. The van der Waals surface area contributed by atoms with Gasteiger partial charge in [-0.1, -0.05) is 41.9 Å². The third-order valence-corrected chi connectivity index (χ3v) is 11.5. The Hall–Kier alpha value is -4.77. The van der Waals surface area contributed by atoms with Crippen LogP contribution in [0.5, 0.6) is 17.2 Å². The molecule has 16 heteroatoms. The number of hydrogen-bond donors (Lipinski definition) is 5. The second kappa shape index (κ2) is 19.1. The number of aliphatic hydroxyl groups excluding tert-OH is 1. The van der Waals surface area contributed by atoms with E-state index in [1.54, 1.807) is 12.1 Å². The van der Waals surface area contributed by atoms with Gasteiger partial charge in [0.15, 0.2) is 15.4 Å². The minimum Gasteiger partial charge on any atom is -0.493 e. The van der Waals surface area contributed by atoms with Crippen LogP contribution in [0.2, 0.25) is 5.02 Å². The summed E-state index contributed by atoms with van der Waals surface area (Å²) >= 11 is 6.69. The van der Waals surface area contributed by atoms with Gasteiger partial charge in [0, 0.05) is 62.0 Å². The van der Waals surface area contributed by atoms with Crippen molar-refractivity contribution >= 4 is 33.4 Å². The Morgan fingerprint density at radius 2 is 1.60 bits per heavy atom. The molecule has 1 unspecified atom stereocenters. The van der Waals surface area contributed by atoms with Gasteiger partial charge >= 0.3 is 11.9 Å². The Morgan fingerprint density at radius 3 is 2.26 bits per heavy atom. The summed E-state index contributed by atoms with van der Waals surface area (Å²) in [6.45, 7) is 5.70. The molecular formula is C41H48ClN3O11S. The average molecular weight is 826 g/mol. The molecule has 0 radical (unpaired) electrons. The van der Waals surface area contributed by atoms with Crippen molar-refractivity contribution in [1.29, 1.82) is 0 Å². The molecule has 57 heavy (non-hydrogen) atoms. The van der Waals surface area contributed by atoms with Gasteiger partial charge in [0.25, 0.3) is 0 Å².